The summed E-state index contributed by atoms with van der Waals surface area (Å²) in [5, 5.41) is 0.290. The number of halogens is 2. The van der Waals surface area contributed by atoms with Crippen molar-refractivity contribution in [3.8, 4) is 11.1 Å². The number of benzene rings is 2. The number of anilines is 1. The second kappa shape index (κ2) is 10.2. The van der Waals surface area contributed by atoms with E-state index in [0.717, 1.165) is 25.0 Å². The van der Waals surface area contributed by atoms with E-state index < -0.39 is 48.5 Å². The molecule has 0 saturated heterocycles. The highest BCUT2D eigenvalue weighted by Crippen LogP contribution is 2.33. The molecule has 2 N–H and O–H groups in total. The number of sulfonamides is 1. The number of aromatic nitrogens is 2. The van der Waals surface area contributed by atoms with Crippen LogP contribution in [-0.4, -0.2) is 44.1 Å². The number of nitrogens with one attached hydrogen (secondary N) is 2. The predicted octanol–water partition coefficient (Wildman–Crippen LogP) is 5.07. The lowest BCUT2D eigenvalue weighted by Crippen LogP contribution is -2.18. The van der Waals surface area contributed by atoms with E-state index in [1.807, 2.05) is 0 Å². The Bertz CT molecular complexity index is 1800. The number of rotatable bonds is 10. The number of sulfone groups is 1. The fraction of sp³-hybridized carbons (Fsp3) is 0.259. The zero-order valence-corrected chi connectivity index (χ0v) is 22.5. The Morgan fingerprint density at radius 1 is 1.05 bits per heavy atom. The lowest BCUT2D eigenvalue weighted by atomic mass is 10.00. The summed E-state index contributed by atoms with van der Waals surface area (Å²) in [6.45, 7) is 1.64. The fourth-order valence-corrected chi connectivity index (χ4v) is 7.19. The quantitative estimate of drug-likeness (QED) is 0.255. The maximum absolute atomic E-state index is 15.2. The summed E-state index contributed by atoms with van der Waals surface area (Å²) in [5.41, 5.74) is 0.0101. The second-order valence-electron chi connectivity index (χ2n) is 9.61. The third-order valence-electron chi connectivity index (χ3n) is 6.53. The van der Waals surface area contributed by atoms with Gasteiger partial charge in [-0.3, -0.25) is 9.52 Å². The molecule has 0 atom stereocenters. The summed E-state index contributed by atoms with van der Waals surface area (Å²) in [7, 11) is -7.26. The lowest BCUT2D eigenvalue weighted by molar-refractivity contribution is 0.103. The number of carbonyl (C=O) groups excluding carboxylic acids is 1. The van der Waals surface area contributed by atoms with Crippen molar-refractivity contribution in [1.82, 2.24) is 9.97 Å². The maximum atomic E-state index is 15.2. The van der Waals surface area contributed by atoms with Gasteiger partial charge >= 0.3 is 0 Å². The Morgan fingerprint density at radius 2 is 1.77 bits per heavy atom. The largest absolute Gasteiger partial charge is 0.345 e. The number of hydrogen-bond donors (Lipinski definition) is 2. The number of H-pyrrole nitrogens is 1. The molecule has 0 spiro atoms. The van der Waals surface area contributed by atoms with Crippen LogP contribution in [0, 0.1) is 17.6 Å². The highest BCUT2D eigenvalue weighted by molar-refractivity contribution is 7.92. The van der Waals surface area contributed by atoms with Gasteiger partial charge in [0.05, 0.1) is 27.7 Å². The van der Waals surface area contributed by atoms with Gasteiger partial charge in [-0.15, -0.1) is 0 Å². The molecule has 8 nitrogen and oxygen atoms in total. The Labute approximate surface area is 224 Å². The molecule has 0 radical (unpaired) electrons. The SMILES string of the molecule is CCCS(=O)(=O)Nc1ccc(F)c(C(=O)c2c[nH]c3ncc(-c4ccc(S(=O)(=O)CC5CC5)cc4)cc23)c1F. The first-order chi connectivity index (χ1) is 18.5. The second-order valence-corrected chi connectivity index (χ2v) is 13.5. The summed E-state index contributed by atoms with van der Waals surface area (Å²) in [6, 6.07) is 9.70. The van der Waals surface area contributed by atoms with E-state index in [9.17, 15) is 26.0 Å². The van der Waals surface area contributed by atoms with Crippen LogP contribution in [0.5, 0.6) is 0 Å². The highest BCUT2D eigenvalue weighted by atomic mass is 32.2. The molecule has 0 amide bonds. The lowest BCUT2D eigenvalue weighted by Gasteiger charge is -2.11. The molecule has 1 aliphatic carbocycles. The molecule has 1 aliphatic rings. The van der Waals surface area contributed by atoms with Gasteiger partial charge in [0.1, 0.15) is 11.5 Å². The molecule has 0 aliphatic heterocycles. The minimum atomic E-state index is -3.88. The van der Waals surface area contributed by atoms with Gasteiger partial charge in [0.25, 0.3) is 0 Å². The monoisotopic (exact) mass is 573 g/mol. The highest BCUT2D eigenvalue weighted by Gasteiger charge is 2.29. The number of nitrogens with zero attached hydrogens (tertiary/aromatic N) is 1. The molecule has 4 aromatic rings. The summed E-state index contributed by atoms with van der Waals surface area (Å²) >= 11 is 0. The Hall–Kier alpha value is -3.64. The first-order valence-corrected chi connectivity index (χ1v) is 15.6. The van der Waals surface area contributed by atoms with Gasteiger partial charge in [-0.25, -0.2) is 30.6 Å². The molecule has 2 aromatic carbocycles. The van der Waals surface area contributed by atoms with Crippen molar-refractivity contribution < 1.29 is 30.4 Å². The first kappa shape index (κ1) is 26.9. The Morgan fingerprint density at radius 3 is 2.44 bits per heavy atom. The van der Waals surface area contributed by atoms with Crippen LogP contribution in [0.25, 0.3) is 22.2 Å². The standard InChI is InChI=1S/C27H25F2N3O5S2/c1-2-11-39(36,37)32-23-10-9-22(28)24(25(23)29)26(33)21-14-31-27-20(21)12-18(13-30-27)17-5-7-19(8-6-17)38(34,35)15-16-3-4-16/h5-10,12-14,16,32H,2-4,11,15H2,1H3,(H,30,31). The molecule has 12 heteroatoms. The maximum Gasteiger partial charge on any atom is 0.232 e. The average molecular weight is 574 g/mol. The van der Waals surface area contributed by atoms with Crippen LogP contribution in [0.1, 0.15) is 42.1 Å². The molecule has 0 bridgehead atoms. The number of ketones is 1. The fourth-order valence-electron chi connectivity index (χ4n) is 4.36. The molecule has 204 valence electrons. The number of carbonyl (C=O) groups is 1. The molecule has 1 fully saturated rings. The molecule has 2 heterocycles. The molecule has 5 rings (SSSR count). The van der Waals surface area contributed by atoms with E-state index >= 15 is 4.39 Å². The van der Waals surface area contributed by atoms with Crippen molar-refractivity contribution in [1.29, 1.82) is 0 Å². The molecule has 2 aromatic heterocycles. The van der Waals surface area contributed by atoms with E-state index in [-0.39, 0.29) is 34.3 Å². The van der Waals surface area contributed by atoms with E-state index in [1.54, 1.807) is 25.1 Å². The van der Waals surface area contributed by atoms with Crippen LogP contribution < -0.4 is 4.72 Å². The average Bonchev–Trinajstić information content (AvgIpc) is 3.59. The topological polar surface area (TPSA) is 126 Å². The van der Waals surface area contributed by atoms with E-state index in [2.05, 4.69) is 14.7 Å². The van der Waals surface area contributed by atoms with Gasteiger partial charge in [0, 0.05) is 28.9 Å². The molecule has 39 heavy (non-hydrogen) atoms. The van der Waals surface area contributed by atoms with E-state index in [0.29, 0.717) is 22.2 Å². The van der Waals surface area contributed by atoms with Gasteiger partial charge in [-0.1, -0.05) is 19.1 Å². The number of pyridine rings is 1. The summed E-state index contributed by atoms with van der Waals surface area (Å²) < 4.78 is 81.4. The van der Waals surface area contributed by atoms with Crippen LogP contribution in [0.2, 0.25) is 0 Å². The minimum absolute atomic E-state index is 0.0608. The smallest absolute Gasteiger partial charge is 0.232 e. The molecule has 0 unspecified atom stereocenters. The van der Waals surface area contributed by atoms with Crippen LogP contribution in [0.4, 0.5) is 14.5 Å². The van der Waals surface area contributed by atoms with Gasteiger partial charge < -0.3 is 4.98 Å². The van der Waals surface area contributed by atoms with Crippen LogP contribution in [-0.2, 0) is 19.9 Å². The van der Waals surface area contributed by atoms with Gasteiger partial charge in [-0.2, -0.15) is 0 Å². The van der Waals surface area contributed by atoms with Crippen molar-refractivity contribution >= 4 is 42.4 Å². The van der Waals surface area contributed by atoms with Crippen LogP contribution >= 0.6 is 0 Å². The Kier molecular flexibility index (Phi) is 7.02. The third-order valence-corrected chi connectivity index (χ3v) is 9.91. The van der Waals surface area contributed by atoms with Crippen molar-refractivity contribution in [3.05, 3.63) is 77.6 Å². The van der Waals surface area contributed by atoms with Gasteiger partial charge in [0.15, 0.2) is 15.7 Å². The molecular weight excluding hydrogens is 548 g/mol. The van der Waals surface area contributed by atoms with Crippen molar-refractivity contribution in [2.45, 2.75) is 31.1 Å². The van der Waals surface area contributed by atoms with Crippen molar-refractivity contribution in [2.24, 2.45) is 5.92 Å². The number of aromatic amines is 1. The molecule has 1 saturated carbocycles. The predicted molar refractivity (Wildman–Crippen MR) is 144 cm³/mol. The third kappa shape index (κ3) is 5.57. The van der Waals surface area contributed by atoms with Crippen molar-refractivity contribution in [2.75, 3.05) is 16.2 Å². The van der Waals surface area contributed by atoms with Gasteiger partial charge in [0.2, 0.25) is 15.8 Å². The number of fused-ring (bicyclic) bond motifs is 1. The van der Waals surface area contributed by atoms with E-state index in [4.69, 9.17) is 0 Å². The van der Waals surface area contributed by atoms with Crippen LogP contribution in [0.3, 0.4) is 0 Å². The Balaban J connectivity index is 1.48. The summed E-state index contributed by atoms with van der Waals surface area (Å²) in [6.07, 6.45) is 4.95. The molecular formula is C27H25F2N3O5S2. The van der Waals surface area contributed by atoms with Crippen LogP contribution in [0.15, 0.2) is 59.8 Å². The van der Waals surface area contributed by atoms with Gasteiger partial charge in [-0.05, 0) is 61.1 Å². The first-order valence-electron chi connectivity index (χ1n) is 12.3. The number of hydrogen-bond acceptors (Lipinski definition) is 6. The van der Waals surface area contributed by atoms with E-state index in [1.165, 1.54) is 24.5 Å². The summed E-state index contributed by atoms with van der Waals surface area (Å²) in [5.74, 6) is -3.37. The van der Waals surface area contributed by atoms with Crippen molar-refractivity contribution in [3.63, 3.8) is 0 Å². The minimum Gasteiger partial charge on any atom is -0.345 e. The zero-order chi connectivity index (χ0) is 27.9. The zero-order valence-electron chi connectivity index (χ0n) is 20.9. The normalized spacial score (nSPS) is 14.0. The summed E-state index contributed by atoms with van der Waals surface area (Å²) in [4.78, 5) is 20.7.